The molecule has 5 heteroatoms. The first-order chi connectivity index (χ1) is 10.7. The van der Waals surface area contributed by atoms with E-state index < -0.39 is 0 Å². The maximum Gasteiger partial charge on any atom is 0.137 e. The van der Waals surface area contributed by atoms with Crippen molar-refractivity contribution >= 4 is 17.2 Å². The monoisotopic (exact) mass is 321 g/mol. The van der Waals surface area contributed by atoms with E-state index in [9.17, 15) is 5.11 Å². The van der Waals surface area contributed by atoms with E-state index in [0.717, 1.165) is 36.8 Å². The van der Waals surface area contributed by atoms with Gasteiger partial charge in [-0.2, -0.15) is 0 Å². The summed E-state index contributed by atoms with van der Waals surface area (Å²) in [6, 6.07) is 3.77. The van der Waals surface area contributed by atoms with Gasteiger partial charge in [-0.15, -0.1) is 0 Å². The van der Waals surface area contributed by atoms with Crippen LogP contribution < -0.4 is 5.32 Å². The van der Waals surface area contributed by atoms with E-state index in [-0.39, 0.29) is 6.61 Å². The van der Waals surface area contributed by atoms with Crippen LogP contribution in [0.15, 0.2) is 24.5 Å². The summed E-state index contributed by atoms with van der Waals surface area (Å²) < 4.78 is 1.95. The van der Waals surface area contributed by atoms with Crippen LogP contribution in [0.5, 0.6) is 0 Å². The first-order valence-corrected chi connectivity index (χ1v) is 8.57. The molecule has 2 N–H and O–H groups in total. The van der Waals surface area contributed by atoms with Crippen LogP contribution in [0.1, 0.15) is 37.8 Å². The van der Waals surface area contributed by atoms with Gasteiger partial charge in [0.25, 0.3) is 0 Å². The standard InChI is InChI=1S/C17H24ClN3O/c18-15-5-6-17-20-16(11-21(17)10-15)9-19-8-14(12-22)7-13-3-1-2-4-13/h5-6,10-11,13-14,19,22H,1-4,7-9,12H2. The highest BCUT2D eigenvalue weighted by Gasteiger charge is 2.19. The molecule has 0 radical (unpaired) electrons. The fourth-order valence-corrected chi connectivity index (χ4v) is 3.61. The van der Waals surface area contributed by atoms with Gasteiger partial charge in [-0.3, -0.25) is 0 Å². The van der Waals surface area contributed by atoms with Crippen molar-refractivity contribution in [3.8, 4) is 0 Å². The molecule has 1 aliphatic carbocycles. The number of rotatable bonds is 7. The third-order valence-corrected chi connectivity index (χ3v) is 4.83. The van der Waals surface area contributed by atoms with Gasteiger partial charge in [-0.25, -0.2) is 4.98 Å². The molecular formula is C17H24ClN3O. The topological polar surface area (TPSA) is 49.6 Å². The fourth-order valence-electron chi connectivity index (χ4n) is 3.45. The van der Waals surface area contributed by atoms with Crippen molar-refractivity contribution in [2.45, 2.75) is 38.6 Å². The van der Waals surface area contributed by atoms with Crippen LogP contribution in [0.4, 0.5) is 0 Å². The molecule has 0 aromatic carbocycles. The van der Waals surface area contributed by atoms with Gasteiger partial charge < -0.3 is 14.8 Å². The SMILES string of the molecule is OCC(CNCc1cn2cc(Cl)ccc2n1)CC1CCCC1. The van der Waals surface area contributed by atoms with Crippen LogP contribution in [-0.4, -0.2) is 27.6 Å². The molecule has 1 saturated carbocycles. The van der Waals surface area contributed by atoms with Crippen molar-refractivity contribution < 1.29 is 5.11 Å². The molecule has 0 bridgehead atoms. The minimum absolute atomic E-state index is 0.268. The Balaban J connectivity index is 1.49. The molecule has 3 rings (SSSR count). The minimum atomic E-state index is 0.268. The molecule has 0 aliphatic heterocycles. The number of imidazole rings is 1. The summed E-state index contributed by atoms with van der Waals surface area (Å²) in [5, 5.41) is 13.7. The Morgan fingerprint density at radius 2 is 2.14 bits per heavy atom. The minimum Gasteiger partial charge on any atom is -0.396 e. The van der Waals surface area contributed by atoms with Gasteiger partial charge in [-0.1, -0.05) is 37.3 Å². The highest BCUT2D eigenvalue weighted by Crippen LogP contribution is 2.30. The van der Waals surface area contributed by atoms with E-state index in [1.807, 2.05) is 28.9 Å². The Labute approximate surface area is 136 Å². The second-order valence-corrected chi connectivity index (χ2v) is 6.85. The number of aromatic nitrogens is 2. The molecule has 1 atom stereocenters. The van der Waals surface area contributed by atoms with Crippen molar-refractivity contribution in [2.75, 3.05) is 13.2 Å². The van der Waals surface area contributed by atoms with Crippen LogP contribution in [-0.2, 0) is 6.54 Å². The first-order valence-electron chi connectivity index (χ1n) is 8.19. The summed E-state index contributed by atoms with van der Waals surface area (Å²) in [4.78, 5) is 4.56. The Morgan fingerprint density at radius 1 is 1.32 bits per heavy atom. The molecule has 1 aliphatic rings. The summed E-state index contributed by atoms with van der Waals surface area (Å²) in [5.74, 6) is 1.17. The Kier molecular flexibility index (Phi) is 5.34. The summed E-state index contributed by atoms with van der Waals surface area (Å²) in [6.45, 7) is 1.84. The lowest BCUT2D eigenvalue weighted by molar-refractivity contribution is 0.196. The zero-order valence-corrected chi connectivity index (χ0v) is 13.6. The van der Waals surface area contributed by atoms with Gasteiger partial charge in [0.15, 0.2) is 0 Å². The molecule has 2 aromatic heterocycles. The molecule has 2 heterocycles. The third kappa shape index (κ3) is 4.00. The number of hydrogen-bond acceptors (Lipinski definition) is 3. The number of fused-ring (bicyclic) bond motifs is 1. The molecule has 0 saturated heterocycles. The zero-order valence-electron chi connectivity index (χ0n) is 12.8. The smallest absolute Gasteiger partial charge is 0.137 e. The quantitative estimate of drug-likeness (QED) is 0.823. The average Bonchev–Trinajstić information content (AvgIpc) is 3.14. The van der Waals surface area contributed by atoms with Crippen molar-refractivity contribution in [1.29, 1.82) is 0 Å². The van der Waals surface area contributed by atoms with Gasteiger partial charge in [0.2, 0.25) is 0 Å². The molecule has 22 heavy (non-hydrogen) atoms. The van der Waals surface area contributed by atoms with Crippen LogP contribution in [0.3, 0.4) is 0 Å². The average molecular weight is 322 g/mol. The molecule has 2 aromatic rings. The lowest BCUT2D eigenvalue weighted by atomic mass is 9.94. The number of aliphatic hydroxyl groups excluding tert-OH is 1. The van der Waals surface area contributed by atoms with E-state index in [2.05, 4.69) is 10.3 Å². The van der Waals surface area contributed by atoms with Crippen molar-refractivity contribution in [3.63, 3.8) is 0 Å². The third-order valence-electron chi connectivity index (χ3n) is 4.60. The van der Waals surface area contributed by atoms with Crippen LogP contribution >= 0.6 is 11.6 Å². The van der Waals surface area contributed by atoms with Crippen LogP contribution in [0, 0.1) is 11.8 Å². The van der Waals surface area contributed by atoms with Crippen molar-refractivity contribution in [1.82, 2.24) is 14.7 Å². The van der Waals surface area contributed by atoms with E-state index in [1.165, 1.54) is 25.7 Å². The van der Waals surface area contributed by atoms with Crippen LogP contribution in [0.2, 0.25) is 5.02 Å². The van der Waals surface area contributed by atoms with E-state index in [1.54, 1.807) is 0 Å². The zero-order chi connectivity index (χ0) is 15.4. The summed E-state index contributed by atoms with van der Waals surface area (Å²) in [7, 11) is 0. The second kappa shape index (κ2) is 7.44. The number of nitrogens with zero attached hydrogens (tertiary/aromatic N) is 2. The van der Waals surface area contributed by atoms with Gasteiger partial charge in [0.05, 0.1) is 10.7 Å². The number of nitrogens with one attached hydrogen (secondary N) is 1. The molecule has 1 unspecified atom stereocenters. The lowest BCUT2D eigenvalue weighted by Gasteiger charge is -2.18. The molecule has 1 fully saturated rings. The number of pyridine rings is 1. The summed E-state index contributed by atoms with van der Waals surface area (Å²) in [5.41, 5.74) is 1.91. The molecular weight excluding hydrogens is 298 g/mol. The first kappa shape index (κ1) is 15.8. The largest absolute Gasteiger partial charge is 0.396 e. The lowest BCUT2D eigenvalue weighted by Crippen LogP contribution is -2.26. The van der Waals surface area contributed by atoms with Gasteiger partial charge in [0, 0.05) is 32.1 Å². The van der Waals surface area contributed by atoms with Gasteiger partial charge in [0.1, 0.15) is 5.65 Å². The fraction of sp³-hybridized carbons (Fsp3) is 0.588. The summed E-state index contributed by atoms with van der Waals surface area (Å²) in [6.07, 6.45) is 10.4. The predicted octanol–water partition coefficient (Wildman–Crippen LogP) is 3.27. The van der Waals surface area contributed by atoms with E-state index in [0.29, 0.717) is 10.9 Å². The number of hydrogen-bond donors (Lipinski definition) is 2. The maximum absolute atomic E-state index is 9.55. The highest BCUT2D eigenvalue weighted by atomic mass is 35.5. The normalized spacial score (nSPS) is 17.4. The Bertz CT molecular complexity index is 607. The van der Waals surface area contributed by atoms with Gasteiger partial charge >= 0.3 is 0 Å². The van der Waals surface area contributed by atoms with Gasteiger partial charge in [-0.05, 0) is 30.4 Å². The van der Waals surface area contributed by atoms with Crippen molar-refractivity contribution in [3.05, 3.63) is 35.2 Å². The van der Waals surface area contributed by atoms with E-state index >= 15 is 0 Å². The molecule has 120 valence electrons. The van der Waals surface area contributed by atoms with Crippen LogP contribution in [0.25, 0.3) is 5.65 Å². The Morgan fingerprint density at radius 3 is 2.91 bits per heavy atom. The second-order valence-electron chi connectivity index (χ2n) is 6.41. The number of aliphatic hydroxyl groups is 1. The Hall–Kier alpha value is -1.10. The number of halogens is 1. The maximum atomic E-state index is 9.55. The molecule has 4 nitrogen and oxygen atoms in total. The van der Waals surface area contributed by atoms with E-state index in [4.69, 9.17) is 11.6 Å². The van der Waals surface area contributed by atoms with Crippen molar-refractivity contribution in [2.24, 2.45) is 11.8 Å². The highest BCUT2D eigenvalue weighted by molar-refractivity contribution is 6.30. The predicted molar refractivity (Wildman–Crippen MR) is 89.1 cm³/mol. The summed E-state index contributed by atoms with van der Waals surface area (Å²) >= 11 is 5.98. The molecule has 0 amide bonds. The molecule has 0 spiro atoms.